The quantitative estimate of drug-likeness (QED) is 0.239. The average molecular weight is 400 g/mol. The van der Waals surface area contributed by atoms with Gasteiger partial charge in [0.15, 0.2) is 18.8 Å². The van der Waals surface area contributed by atoms with Crippen molar-refractivity contribution in [3.8, 4) is 12.3 Å². The van der Waals surface area contributed by atoms with Crippen molar-refractivity contribution in [3.05, 3.63) is 0 Å². The molecule has 1 fully saturated rings. The molecule has 10 nitrogen and oxygen atoms in total. The van der Waals surface area contributed by atoms with E-state index in [1.54, 1.807) is 14.1 Å². The molecule has 28 heavy (non-hydrogen) atoms. The van der Waals surface area contributed by atoms with E-state index in [1.165, 1.54) is 6.92 Å². The van der Waals surface area contributed by atoms with Gasteiger partial charge in [0.25, 0.3) is 0 Å². The van der Waals surface area contributed by atoms with Gasteiger partial charge in [-0.2, -0.15) is 0 Å². The van der Waals surface area contributed by atoms with Crippen LogP contribution < -0.4 is 0 Å². The second-order valence-corrected chi connectivity index (χ2v) is 6.94. The van der Waals surface area contributed by atoms with E-state index in [9.17, 15) is 19.2 Å². The van der Waals surface area contributed by atoms with E-state index in [0.29, 0.717) is 6.54 Å². The lowest BCUT2D eigenvalue weighted by molar-refractivity contribution is -0.875. The maximum absolute atomic E-state index is 12.3. The lowest BCUT2D eigenvalue weighted by Gasteiger charge is -2.39. The van der Waals surface area contributed by atoms with Gasteiger partial charge in [0.1, 0.15) is 6.54 Å². The van der Waals surface area contributed by atoms with Gasteiger partial charge in [0.05, 0.1) is 20.7 Å². The Hall–Kier alpha value is -2.64. The lowest BCUT2D eigenvalue weighted by Crippen LogP contribution is -2.59. The highest BCUT2D eigenvalue weighted by atomic mass is 16.7. The molecule has 0 amide bonds. The summed E-state index contributed by atoms with van der Waals surface area (Å²) < 4.78 is 26.3. The number of ether oxygens (including phenoxy) is 5. The lowest BCUT2D eigenvalue weighted by atomic mass is 10.0. The molecule has 1 heterocycles. The number of rotatable bonds is 7. The van der Waals surface area contributed by atoms with Crippen molar-refractivity contribution in [1.82, 2.24) is 0 Å². The summed E-state index contributed by atoms with van der Waals surface area (Å²) in [7, 11) is 3.48. The van der Waals surface area contributed by atoms with Crippen molar-refractivity contribution in [2.24, 2.45) is 0 Å². The molecule has 1 rings (SSSR count). The zero-order chi connectivity index (χ0) is 21.5. The van der Waals surface area contributed by atoms with Crippen molar-refractivity contribution in [3.63, 3.8) is 0 Å². The average Bonchev–Trinajstić information content (AvgIpc) is 2.50. The maximum atomic E-state index is 12.3. The Kier molecular flexibility index (Phi) is 8.40. The molecule has 10 heteroatoms. The zero-order valence-corrected chi connectivity index (χ0v) is 16.6. The zero-order valence-electron chi connectivity index (χ0n) is 16.6. The topological polar surface area (TPSA) is 114 Å². The molecular formula is C18H26NO9+. The Bertz CT molecular complexity index is 652. The molecule has 0 aliphatic carbocycles. The normalized spacial score (nSPS) is 24.4. The molecule has 4 atom stereocenters. The van der Waals surface area contributed by atoms with E-state index in [2.05, 4.69) is 5.92 Å². The summed E-state index contributed by atoms with van der Waals surface area (Å²) >= 11 is 0. The minimum atomic E-state index is -1.35. The first-order valence-electron chi connectivity index (χ1n) is 8.53. The SMILES string of the molecule is C#CC[N+](C)(C)CC(=O)OC1OC[C@@H](OC(C)=O)[C@H](OC(C)=O)[C@H]1OC(C)=O. The Balaban J connectivity index is 3.01. The van der Waals surface area contributed by atoms with Crippen LogP contribution in [0.4, 0.5) is 0 Å². The van der Waals surface area contributed by atoms with E-state index in [1.807, 2.05) is 0 Å². The number of carbonyl (C=O) groups excluding carboxylic acids is 4. The fraction of sp³-hybridized carbons (Fsp3) is 0.667. The van der Waals surface area contributed by atoms with Crippen LogP contribution in [0.15, 0.2) is 0 Å². The Morgan fingerprint density at radius 3 is 2.00 bits per heavy atom. The van der Waals surface area contributed by atoms with Crippen molar-refractivity contribution >= 4 is 23.9 Å². The maximum Gasteiger partial charge on any atom is 0.364 e. The molecule has 0 radical (unpaired) electrons. The second-order valence-electron chi connectivity index (χ2n) is 6.94. The van der Waals surface area contributed by atoms with E-state index in [-0.39, 0.29) is 17.6 Å². The highest BCUT2D eigenvalue weighted by Crippen LogP contribution is 2.25. The standard InChI is InChI=1S/C18H26NO9/c1-7-8-19(5,6)9-15(23)28-18-17(27-13(4)22)16(26-12(3)21)14(10-24-18)25-11(2)20/h1,14,16-18H,8-10H2,2-6H3/q+1/t14-,16+,17-,18?/m1/s1. The molecule has 1 saturated heterocycles. The molecule has 1 unspecified atom stereocenters. The first-order valence-corrected chi connectivity index (χ1v) is 8.53. The molecule has 0 aromatic rings. The monoisotopic (exact) mass is 400 g/mol. The van der Waals surface area contributed by atoms with Gasteiger partial charge in [-0.25, -0.2) is 4.79 Å². The van der Waals surface area contributed by atoms with Crippen LogP contribution in [0.1, 0.15) is 20.8 Å². The van der Waals surface area contributed by atoms with E-state index < -0.39 is 48.5 Å². The number of terminal acetylenes is 1. The Morgan fingerprint density at radius 1 is 0.964 bits per heavy atom. The fourth-order valence-corrected chi connectivity index (χ4v) is 2.63. The molecule has 0 spiro atoms. The van der Waals surface area contributed by atoms with Crippen LogP contribution in [0.25, 0.3) is 0 Å². The number of carbonyl (C=O) groups is 4. The van der Waals surface area contributed by atoms with Crippen LogP contribution in [0.5, 0.6) is 0 Å². The van der Waals surface area contributed by atoms with Crippen molar-refractivity contribution in [1.29, 1.82) is 0 Å². The number of esters is 4. The molecule has 0 saturated carbocycles. The molecule has 156 valence electrons. The first-order chi connectivity index (χ1) is 12.9. The molecule has 0 aromatic carbocycles. The third-order valence-electron chi connectivity index (χ3n) is 3.63. The van der Waals surface area contributed by atoms with E-state index in [4.69, 9.17) is 30.1 Å². The van der Waals surface area contributed by atoms with Crippen molar-refractivity contribution < 1.29 is 47.3 Å². The smallest absolute Gasteiger partial charge is 0.364 e. The predicted molar refractivity (Wildman–Crippen MR) is 93.2 cm³/mol. The molecule has 1 aliphatic rings. The third-order valence-corrected chi connectivity index (χ3v) is 3.63. The van der Waals surface area contributed by atoms with Crippen molar-refractivity contribution in [2.45, 2.75) is 45.4 Å². The molecule has 1 aliphatic heterocycles. The number of hydrogen-bond donors (Lipinski definition) is 0. The molecule has 0 N–H and O–H groups in total. The summed E-state index contributed by atoms with van der Waals surface area (Å²) in [4.78, 5) is 46.6. The van der Waals surface area contributed by atoms with Crippen LogP contribution in [0.3, 0.4) is 0 Å². The summed E-state index contributed by atoms with van der Waals surface area (Å²) in [5.74, 6) is -0.257. The van der Waals surface area contributed by atoms with Gasteiger partial charge in [-0.3, -0.25) is 14.4 Å². The minimum Gasteiger partial charge on any atom is -0.456 e. The van der Waals surface area contributed by atoms with Crippen LogP contribution in [-0.4, -0.2) is 86.8 Å². The van der Waals surface area contributed by atoms with Gasteiger partial charge in [-0.15, -0.1) is 6.42 Å². The van der Waals surface area contributed by atoms with Gasteiger partial charge >= 0.3 is 23.9 Å². The van der Waals surface area contributed by atoms with Crippen LogP contribution >= 0.6 is 0 Å². The number of nitrogens with zero attached hydrogens (tertiary/aromatic N) is 1. The Labute approximate surface area is 163 Å². The van der Waals surface area contributed by atoms with E-state index in [0.717, 1.165) is 13.8 Å². The highest BCUT2D eigenvalue weighted by Gasteiger charge is 2.49. The highest BCUT2D eigenvalue weighted by molar-refractivity contribution is 5.71. The first kappa shape index (κ1) is 23.4. The second kappa shape index (κ2) is 10.1. The van der Waals surface area contributed by atoms with Crippen molar-refractivity contribution in [2.75, 3.05) is 33.8 Å². The summed E-state index contributed by atoms with van der Waals surface area (Å²) in [6, 6.07) is 0. The van der Waals surface area contributed by atoms with Gasteiger partial charge in [0.2, 0.25) is 12.4 Å². The van der Waals surface area contributed by atoms with Crippen LogP contribution in [0, 0.1) is 12.3 Å². The summed E-state index contributed by atoms with van der Waals surface area (Å²) in [5.41, 5.74) is 0. The van der Waals surface area contributed by atoms with Gasteiger partial charge in [-0.1, -0.05) is 0 Å². The minimum absolute atomic E-state index is 0.0670. The number of quaternary nitrogens is 1. The predicted octanol–water partition coefficient (Wildman–Crippen LogP) is -0.609. The van der Waals surface area contributed by atoms with Gasteiger partial charge < -0.3 is 28.2 Å². The third kappa shape index (κ3) is 7.54. The fourth-order valence-electron chi connectivity index (χ4n) is 2.63. The summed E-state index contributed by atoms with van der Waals surface area (Å²) in [6.07, 6.45) is 0.383. The largest absolute Gasteiger partial charge is 0.456 e. The van der Waals surface area contributed by atoms with Gasteiger partial charge in [-0.05, 0) is 5.92 Å². The summed E-state index contributed by atoms with van der Waals surface area (Å²) in [6.45, 7) is 3.44. The van der Waals surface area contributed by atoms with E-state index >= 15 is 0 Å². The molecule has 0 bridgehead atoms. The van der Waals surface area contributed by atoms with Crippen LogP contribution in [0.2, 0.25) is 0 Å². The Morgan fingerprint density at radius 2 is 1.50 bits per heavy atom. The van der Waals surface area contributed by atoms with Gasteiger partial charge in [0, 0.05) is 20.8 Å². The molecular weight excluding hydrogens is 374 g/mol. The number of hydrogen-bond acceptors (Lipinski definition) is 9. The number of likely N-dealkylation sites (N-methyl/N-ethyl adjacent to an activating group) is 1. The summed E-state index contributed by atoms with van der Waals surface area (Å²) in [5, 5.41) is 0. The van der Waals surface area contributed by atoms with Crippen LogP contribution in [-0.2, 0) is 42.9 Å². The molecule has 0 aromatic heterocycles.